The van der Waals surface area contributed by atoms with E-state index in [4.69, 9.17) is 0 Å². The lowest BCUT2D eigenvalue weighted by atomic mass is 9.83. The molecule has 15 saturated carbocycles. The van der Waals surface area contributed by atoms with Crippen molar-refractivity contribution in [2.45, 2.75) is 509 Å². The van der Waals surface area contributed by atoms with E-state index in [1.54, 1.807) is 51.4 Å². The number of hydrogen-bond acceptors (Lipinski definition) is 0. The quantitative estimate of drug-likeness (QED) is 0.249. The lowest BCUT2D eigenvalue weighted by molar-refractivity contribution is 0.281. The maximum absolute atomic E-state index is 2.44. The highest BCUT2D eigenvalue weighted by Gasteiger charge is 2.39. The second kappa shape index (κ2) is 49.6. The van der Waals surface area contributed by atoms with Crippen molar-refractivity contribution in [3.05, 3.63) is 0 Å². The minimum atomic E-state index is 0.653. The lowest BCUT2D eigenvalue weighted by Gasteiger charge is -2.22. The monoisotopic (exact) mass is 1450 g/mol. The van der Waals surface area contributed by atoms with Gasteiger partial charge in [-0.05, 0) is 279 Å². The van der Waals surface area contributed by atoms with Crippen LogP contribution in [0.15, 0.2) is 0 Å². The normalized spacial score (nSPS) is 36.9. The van der Waals surface area contributed by atoms with Crippen molar-refractivity contribution >= 4 is 0 Å². The van der Waals surface area contributed by atoms with Crippen molar-refractivity contribution in [2.24, 2.45) is 157 Å². The third-order valence-corrected chi connectivity index (χ3v) is 34.2. The Balaban J connectivity index is 0.000000293. The topological polar surface area (TPSA) is 0 Å². The predicted molar refractivity (Wildman–Crippen MR) is 474 cm³/mol. The minimum Gasteiger partial charge on any atom is -0.0654 e. The van der Waals surface area contributed by atoms with Gasteiger partial charge in [0.2, 0.25) is 0 Å². The molecule has 0 saturated heterocycles. The van der Waals surface area contributed by atoms with E-state index < -0.39 is 0 Å². The molecule has 104 heavy (non-hydrogen) atoms. The van der Waals surface area contributed by atoms with Gasteiger partial charge in [-0.2, -0.15) is 0 Å². The molecule has 15 fully saturated rings. The van der Waals surface area contributed by atoms with Gasteiger partial charge < -0.3 is 0 Å². The van der Waals surface area contributed by atoms with Crippen LogP contribution in [0.3, 0.4) is 0 Å². The molecule has 4 bridgehead atoms. The smallest absolute Gasteiger partial charge is 0.0328 e. The van der Waals surface area contributed by atoms with E-state index in [1.807, 2.05) is 0 Å². The van der Waals surface area contributed by atoms with Gasteiger partial charge in [-0.25, -0.2) is 0 Å². The Labute approximate surface area is 661 Å². The van der Waals surface area contributed by atoms with Crippen LogP contribution in [-0.2, 0) is 0 Å². The molecule has 0 spiro atoms. The van der Waals surface area contributed by atoms with E-state index in [1.165, 1.54) is 257 Å². The summed E-state index contributed by atoms with van der Waals surface area (Å²) in [7, 11) is 0. The highest BCUT2D eigenvalue weighted by Crippen LogP contribution is 2.51. The van der Waals surface area contributed by atoms with Crippen molar-refractivity contribution in [1.82, 2.24) is 0 Å². The standard InChI is InChI=1S/2C8H14.11C8H16/c1-6-4-7-2-3-8(6)5-7;1-6-7-2-3-8(6)5-4-7;1-6-4-7(2)8(3)5-6;2*1-7-4-5-8(2,3)6-7;2*1-7-5-4-6-8(7,2)3;1-6-4-5-7(2)8(6)3;1-7(2)8-5-3-4-6-8;2*1-3-8(2)6-4-5-7-8;1-3-8-6-4-5-7(8)2;1-2-5-8-6-3-4-7-8/h2*6-8H,2-5H2,1H3;6-8H,4-5H2,1-3H3;4*7H,4-6H2,1-3H3;6-8H,4-5H2,1-3H3;7-8H,3-6H2,1-2H3;2*3-7H2,1-2H3;7-8H,3-6H2,1-2H3;8H,2-7H2,1H3/t;;;7-;;7-;;;;;;;/m...0.0......./s1. The van der Waals surface area contributed by atoms with E-state index in [-0.39, 0.29) is 0 Å². The molecule has 620 valence electrons. The van der Waals surface area contributed by atoms with Crippen LogP contribution in [0.4, 0.5) is 0 Å². The summed E-state index contributed by atoms with van der Waals surface area (Å²) in [6.45, 7) is 68.7. The summed E-state index contributed by atoms with van der Waals surface area (Å²) in [6, 6.07) is 0. The molecule has 0 heteroatoms. The SMILES string of the molecule is CC(C)C1CCCC1.CC1C2CCC1CC2.CC1CC(C)C(C)C1.CC1CC2CCC1C2.CC1CCC(C)(C)C1.CC1CCC(C)C1C.CC1CCCC1(C)C.CCC1(C)CCCC1.CCC1(C)CCCC1.CCC1CCCC1C.CCCC1CCCC1.C[C@H]1CCC(C)(C)C1.C[C@H]1CCCC1(C)C. The third kappa shape index (κ3) is 38.2. The fourth-order valence-electron chi connectivity index (χ4n) is 23.5. The molecule has 0 radical (unpaired) electrons. The first-order chi connectivity index (χ1) is 48.7. The molecule has 11 unspecified atom stereocenters. The van der Waals surface area contributed by atoms with Crippen molar-refractivity contribution < 1.29 is 0 Å². The Kier molecular flexibility index (Phi) is 46.8. The first kappa shape index (κ1) is 98.2. The van der Waals surface area contributed by atoms with E-state index >= 15 is 0 Å². The van der Waals surface area contributed by atoms with Crippen LogP contribution < -0.4 is 0 Å². The van der Waals surface area contributed by atoms with Crippen molar-refractivity contribution in [1.29, 1.82) is 0 Å². The van der Waals surface area contributed by atoms with Crippen LogP contribution in [0, 0.1) is 157 Å². The number of fused-ring (bicyclic) bond motifs is 4. The summed E-state index contributed by atoms with van der Waals surface area (Å²) in [5, 5.41) is 0. The zero-order chi connectivity index (χ0) is 78.1. The zero-order valence-electron chi connectivity index (χ0n) is 78.1. The molecule has 15 aliphatic carbocycles. The fourth-order valence-corrected chi connectivity index (χ4v) is 23.5. The van der Waals surface area contributed by atoms with Crippen LogP contribution in [0.25, 0.3) is 0 Å². The summed E-state index contributed by atoms with van der Waals surface area (Å²) in [6.07, 6.45) is 70.9. The third-order valence-electron chi connectivity index (χ3n) is 34.2. The lowest BCUT2D eigenvalue weighted by Crippen LogP contribution is -2.13. The molecule has 0 nitrogen and oxygen atoms in total. The molecule has 15 rings (SSSR count). The van der Waals surface area contributed by atoms with Gasteiger partial charge in [-0.1, -0.05) is 387 Å². The van der Waals surface area contributed by atoms with Gasteiger partial charge in [0, 0.05) is 0 Å². The summed E-state index contributed by atoms with van der Waals surface area (Å²) in [5.74, 6) is 21.8. The van der Waals surface area contributed by atoms with Crippen molar-refractivity contribution in [3.63, 3.8) is 0 Å². The van der Waals surface area contributed by atoms with Crippen LogP contribution in [-0.4, -0.2) is 0 Å². The second-order valence-electron chi connectivity index (χ2n) is 45.7. The van der Waals surface area contributed by atoms with E-state index in [2.05, 4.69) is 201 Å². The molecule has 0 aliphatic heterocycles. The Morgan fingerprint density at radius 2 is 0.721 bits per heavy atom. The Hall–Kier alpha value is 0. The van der Waals surface area contributed by atoms with Crippen molar-refractivity contribution in [2.75, 3.05) is 0 Å². The highest BCUT2D eigenvalue weighted by atomic mass is 14.4. The number of hydrogen-bond donors (Lipinski definition) is 0. The van der Waals surface area contributed by atoms with Gasteiger partial charge in [-0.15, -0.1) is 0 Å². The van der Waals surface area contributed by atoms with Gasteiger partial charge >= 0.3 is 0 Å². The molecule has 0 aromatic heterocycles. The van der Waals surface area contributed by atoms with E-state index in [0.29, 0.717) is 21.7 Å². The molecule has 13 atom stereocenters. The van der Waals surface area contributed by atoms with Gasteiger partial charge in [0.05, 0.1) is 0 Å². The summed E-state index contributed by atoms with van der Waals surface area (Å²) in [4.78, 5) is 0. The Morgan fingerprint density at radius 1 is 0.308 bits per heavy atom. The molecule has 0 amide bonds. The van der Waals surface area contributed by atoms with Gasteiger partial charge in [0.25, 0.3) is 0 Å². The molecule has 0 N–H and O–H groups in total. The average Bonchev–Trinajstić information content (AvgIpc) is 1.68. The summed E-state index contributed by atoms with van der Waals surface area (Å²) < 4.78 is 0. The molecule has 0 heterocycles. The van der Waals surface area contributed by atoms with Crippen molar-refractivity contribution in [3.8, 4) is 0 Å². The Bertz CT molecular complexity index is 1940. The molecular formula is C104H204. The second-order valence-corrected chi connectivity index (χ2v) is 45.7. The van der Waals surface area contributed by atoms with Gasteiger partial charge in [0.15, 0.2) is 0 Å². The first-order valence-electron chi connectivity index (χ1n) is 48.7. The predicted octanol–water partition coefficient (Wildman–Crippen LogP) is 36.2. The first-order valence-corrected chi connectivity index (χ1v) is 48.7. The largest absolute Gasteiger partial charge is 0.0654 e. The molecular weight excluding hydrogens is 1250 g/mol. The fraction of sp³-hybridized carbons (Fsp3) is 1.00. The maximum atomic E-state index is 2.44. The van der Waals surface area contributed by atoms with Gasteiger partial charge in [0.1, 0.15) is 0 Å². The summed E-state index contributed by atoms with van der Waals surface area (Å²) >= 11 is 0. The molecule has 15 aliphatic rings. The maximum Gasteiger partial charge on any atom is -0.0328 e. The summed E-state index contributed by atoms with van der Waals surface area (Å²) in [5.41, 5.74) is 4.11. The van der Waals surface area contributed by atoms with Crippen LogP contribution in [0.5, 0.6) is 0 Å². The van der Waals surface area contributed by atoms with Gasteiger partial charge in [-0.3, -0.25) is 0 Å². The van der Waals surface area contributed by atoms with Crippen LogP contribution in [0.1, 0.15) is 509 Å². The highest BCUT2D eigenvalue weighted by molar-refractivity contribution is 4.90. The minimum absolute atomic E-state index is 0.653. The Morgan fingerprint density at radius 3 is 0.885 bits per heavy atom. The van der Waals surface area contributed by atoms with E-state index in [9.17, 15) is 0 Å². The molecule has 0 aromatic carbocycles. The van der Waals surface area contributed by atoms with Crippen LogP contribution in [0.2, 0.25) is 0 Å². The molecule has 0 aromatic rings. The van der Waals surface area contributed by atoms with E-state index in [0.717, 1.165) is 135 Å². The number of rotatable bonds is 6. The average molecular weight is 1450 g/mol. The zero-order valence-corrected chi connectivity index (χ0v) is 78.1. The van der Waals surface area contributed by atoms with Crippen LogP contribution >= 0.6 is 0 Å².